The Morgan fingerprint density at radius 2 is 2.30 bits per heavy atom. The second-order valence-corrected chi connectivity index (χ2v) is 5.86. The zero-order valence-electron chi connectivity index (χ0n) is 13.1. The van der Waals surface area contributed by atoms with Gasteiger partial charge in [0.1, 0.15) is 5.75 Å². The van der Waals surface area contributed by atoms with Crippen molar-refractivity contribution < 1.29 is 19.1 Å². The van der Waals surface area contributed by atoms with Gasteiger partial charge in [-0.05, 0) is 42.2 Å². The van der Waals surface area contributed by atoms with Crippen LogP contribution in [-0.4, -0.2) is 35.7 Å². The summed E-state index contributed by atoms with van der Waals surface area (Å²) in [6.45, 7) is 0.381. The Morgan fingerprint density at radius 3 is 3.04 bits per heavy atom. The lowest BCUT2D eigenvalue weighted by molar-refractivity contribution is -0.132. The smallest absolute Gasteiger partial charge is 0.223 e. The maximum Gasteiger partial charge on any atom is 0.223 e. The number of ether oxygens (including phenoxy) is 1. The first kappa shape index (κ1) is 15.6. The van der Waals surface area contributed by atoms with Crippen molar-refractivity contribution in [2.45, 2.75) is 31.4 Å². The van der Waals surface area contributed by atoms with Crippen molar-refractivity contribution in [2.24, 2.45) is 0 Å². The molecule has 0 spiro atoms. The van der Waals surface area contributed by atoms with Crippen LogP contribution < -0.4 is 4.74 Å². The van der Waals surface area contributed by atoms with E-state index in [4.69, 9.17) is 9.15 Å². The number of methoxy groups -OCH3 is 1. The summed E-state index contributed by atoms with van der Waals surface area (Å²) in [5, 5.41) is 10.0. The summed E-state index contributed by atoms with van der Waals surface area (Å²) < 4.78 is 10.3. The minimum atomic E-state index is -0.482. The zero-order valence-corrected chi connectivity index (χ0v) is 13.1. The third kappa shape index (κ3) is 3.56. The molecular weight excluding hydrogens is 294 g/mol. The highest BCUT2D eigenvalue weighted by Gasteiger charge is 2.35. The molecule has 1 amide bonds. The number of hydrogen-bond donors (Lipinski definition) is 1. The first-order valence-electron chi connectivity index (χ1n) is 7.80. The largest absolute Gasteiger partial charge is 0.497 e. The highest BCUT2D eigenvalue weighted by Crippen LogP contribution is 2.34. The molecule has 1 aliphatic heterocycles. The number of carbonyl (C=O) groups excluding carboxylic acids is 1. The number of nitrogens with zero attached hydrogens (tertiary/aromatic N) is 1. The Balaban J connectivity index is 1.72. The van der Waals surface area contributed by atoms with Crippen LogP contribution in [0.25, 0.3) is 0 Å². The number of furan rings is 1. The van der Waals surface area contributed by atoms with Gasteiger partial charge in [0.15, 0.2) is 0 Å². The normalized spacial score (nSPS) is 20.7. The Hall–Kier alpha value is -2.27. The predicted molar refractivity (Wildman–Crippen MR) is 85.1 cm³/mol. The quantitative estimate of drug-likeness (QED) is 0.921. The van der Waals surface area contributed by atoms with Crippen LogP contribution in [-0.2, 0) is 11.2 Å². The molecule has 0 bridgehead atoms. The van der Waals surface area contributed by atoms with Gasteiger partial charge in [0, 0.05) is 13.0 Å². The molecule has 1 saturated heterocycles. The molecule has 2 heterocycles. The molecular formula is C18H21NO4. The molecule has 1 aromatic heterocycles. The van der Waals surface area contributed by atoms with Gasteiger partial charge in [-0.3, -0.25) is 4.79 Å². The summed E-state index contributed by atoms with van der Waals surface area (Å²) in [6.07, 6.45) is 4.40. The third-order valence-electron chi connectivity index (χ3n) is 4.29. The molecule has 1 fully saturated rings. The van der Waals surface area contributed by atoms with Crippen LogP contribution >= 0.6 is 0 Å². The van der Waals surface area contributed by atoms with Crippen LogP contribution in [0.4, 0.5) is 0 Å². The first-order valence-corrected chi connectivity index (χ1v) is 7.80. The van der Waals surface area contributed by atoms with Gasteiger partial charge in [-0.15, -0.1) is 0 Å². The lowest BCUT2D eigenvalue weighted by atomic mass is 10.0. The molecule has 5 heteroatoms. The highest BCUT2D eigenvalue weighted by molar-refractivity contribution is 5.77. The van der Waals surface area contributed by atoms with Gasteiger partial charge >= 0.3 is 0 Å². The predicted octanol–water partition coefficient (Wildman–Crippen LogP) is 2.56. The fraction of sp³-hybridized carbons (Fsp3) is 0.389. The summed E-state index contributed by atoms with van der Waals surface area (Å²) in [4.78, 5) is 14.4. The van der Waals surface area contributed by atoms with E-state index in [1.807, 2.05) is 30.3 Å². The van der Waals surface area contributed by atoms with E-state index in [1.165, 1.54) is 0 Å². The first-order chi connectivity index (χ1) is 11.2. The van der Waals surface area contributed by atoms with E-state index in [2.05, 4.69) is 0 Å². The van der Waals surface area contributed by atoms with Crippen molar-refractivity contribution in [3.8, 4) is 5.75 Å². The van der Waals surface area contributed by atoms with Crippen LogP contribution in [0.3, 0.4) is 0 Å². The lowest BCUT2D eigenvalue weighted by Gasteiger charge is -2.25. The molecule has 23 heavy (non-hydrogen) atoms. The van der Waals surface area contributed by atoms with Crippen molar-refractivity contribution >= 4 is 5.91 Å². The molecule has 5 nitrogen and oxygen atoms in total. The molecule has 122 valence electrons. The number of likely N-dealkylation sites (tertiary alicyclic amines) is 1. The number of carbonyl (C=O) groups is 1. The third-order valence-corrected chi connectivity index (χ3v) is 4.29. The molecule has 3 rings (SSSR count). The second kappa shape index (κ2) is 6.87. The highest BCUT2D eigenvalue weighted by atomic mass is 16.5. The van der Waals surface area contributed by atoms with Crippen molar-refractivity contribution in [2.75, 3.05) is 13.7 Å². The van der Waals surface area contributed by atoms with Gasteiger partial charge < -0.3 is 19.2 Å². The number of aliphatic hydroxyl groups excluding tert-OH is 1. The summed E-state index contributed by atoms with van der Waals surface area (Å²) in [5.74, 6) is 0.810. The molecule has 1 aliphatic rings. The summed E-state index contributed by atoms with van der Waals surface area (Å²) in [5.41, 5.74) is 2.01. The monoisotopic (exact) mass is 315 g/mol. The second-order valence-electron chi connectivity index (χ2n) is 5.86. The van der Waals surface area contributed by atoms with Crippen LogP contribution in [0.5, 0.6) is 5.75 Å². The Kier molecular flexibility index (Phi) is 4.67. The lowest BCUT2D eigenvalue weighted by Crippen LogP contribution is -2.31. The van der Waals surface area contributed by atoms with Gasteiger partial charge in [0.25, 0.3) is 0 Å². The van der Waals surface area contributed by atoms with E-state index in [-0.39, 0.29) is 11.9 Å². The molecule has 2 atom stereocenters. The fourth-order valence-electron chi connectivity index (χ4n) is 3.08. The number of benzene rings is 1. The van der Waals surface area contributed by atoms with E-state index < -0.39 is 6.10 Å². The zero-order chi connectivity index (χ0) is 16.2. The van der Waals surface area contributed by atoms with Crippen molar-refractivity contribution in [1.29, 1.82) is 0 Å². The van der Waals surface area contributed by atoms with Gasteiger partial charge in [0.2, 0.25) is 5.91 Å². The van der Waals surface area contributed by atoms with E-state index >= 15 is 0 Å². The Morgan fingerprint density at radius 1 is 1.43 bits per heavy atom. The van der Waals surface area contributed by atoms with E-state index in [0.29, 0.717) is 25.8 Å². The van der Waals surface area contributed by atoms with Gasteiger partial charge in [-0.1, -0.05) is 12.1 Å². The topological polar surface area (TPSA) is 62.9 Å². The Labute approximate surface area is 135 Å². The van der Waals surface area contributed by atoms with Gasteiger partial charge in [-0.25, -0.2) is 0 Å². The molecule has 0 saturated carbocycles. The van der Waals surface area contributed by atoms with Crippen LogP contribution in [0.2, 0.25) is 0 Å². The number of hydrogen-bond acceptors (Lipinski definition) is 4. The average Bonchev–Trinajstić information content (AvgIpc) is 3.22. The number of aryl methyl sites for hydroxylation is 1. The minimum Gasteiger partial charge on any atom is -0.497 e. The number of β-amino-alcohol motifs (C(OH)–C–C–N with tert-alkyl or cyclic N) is 1. The maximum atomic E-state index is 12.6. The van der Waals surface area contributed by atoms with Crippen LogP contribution in [0.15, 0.2) is 47.3 Å². The van der Waals surface area contributed by atoms with E-state index in [9.17, 15) is 9.90 Å². The van der Waals surface area contributed by atoms with E-state index in [0.717, 1.165) is 16.9 Å². The molecule has 1 N–H and O–H groups in total. The molecule has 0 radical (unpaired) electrons. The van der Waals surface area contributed by atoms with Crippen molar-refractivity contribution in [3.05, 3.63) is 54.0 Å². The average molecular weight is 315 g/mol. The van der Waals surface area contributed by atoms with Gasteiger partial charge in [0.05, 0.1) is 31.8 Å². The van der Waals surface area contributed by atoms with Crippen LogP contribution in [0.1, 0.15) is 30.0 Å². The van der Waals surface area contributed by atoms with Crippen molar-refractivity contribution in [1.82, 2.24) is 4.90 Å². The number of rotatable bonds is 5. The maximum absolute atomic E-state index is 12.6. The molecule has 0 aliphatic carbocycles. The molecule has 1 aromatic carbocycles. The molecule has 2 aromatic rings. The summed E-state index contributed by atoms with van der Waals surface area (Å²) in [7, 11) is 1.62. The summed E-state index contributed by atoms with van der Waals surface area (Å²) in [6, 6.07) is 9.45. The van der Waals surface area contributed by atoms with Crippen molar-refractivity contribution in [3.63, 3.8) is 0 Å². The van der Waals surface area contributed by atoms with Crippen LogP contribution in [0, 0.1) is 0 Å². The number of aliphatic hydroxyl groups is 1. The minimum absolute atomic E-state index is 0.0515. The Bertz CT molecular complexity index is 653. The number of amides is 1. The SMILES string of the molecule is COc1cccc([C@H]2C[C@H](O)CN2C(=O)CCc2ccoc2)c1. The van der Waals surface area contributed by atoms with E-state index in [1.54, 1.807) is 24.5 Å². The van der Waals surface area contributed by atoms with Gasteiger partial charge in [-0.2, -0.15) is 0 Å². The fourth-order valence-corrected chi connectivity index (χ4v) is 3.08. The summed E-state index contributed by atoms with van der Waals surface area (Å²) >= 11 is 0. The molecule has 0 unspecified atom stereocenters. The standard InChI is InChI=1S/C18H21NO4/c1-22-16-4-2-3-14(9-16)17-10-15(20)11-19(17)18(21)6-5-13-7-8-23-12-13/h2-4,7-9,12,15,17,20H,5-6,10-11H2,1H3/t15-,17+/m0/s1.